The predicted molar refractivity (Wildman–Crippen MR) is 86.7 cm³/mol. The summed E-state index contributed by atoms with van der Waals surface area (Å²) in [4.78, 5) is 2.60. The maximum atomic E-state index is 6.57. The van der Waals surface area contributed by atoms with Crippen LogP contribution in [0.15, 0.2) is 12.1 Å². The fourth-order valence-corrected chi connectivity index (χ4v) is 3.71. The van der Waals surface area contributed by atoms with E-state index in [1.807, 2.05) is 0 Å². The Bertz CT molecular complexity index is 514. The zero-order chi connectivity index (χ0) is 15.0. The predicted octanol–water partition coefficient (Wildman–Crippen LogP) is 3.19. The summed E-state index contributed by atoms with van der Waals surface area (Å²) in [5.74, 6) is 1.44. The summed E-state index contributed by atoms with van der Waals surface area (Å²) in [7, 11) is 0. The highest BCUT2D eigenvalue weighted by Gasteiger charge is 2.32. The number of aryl methyl sites for hydroxylation is 1. The molecule has 3 heteroatoms. The molecule has 116 valence electrons. The Balaban J connectivity index is 1.76. The highest BCUT2D eigenvalue weighted by Crippen LogP contribution is 2.38. The molecule has 2 aliphatic heterocycles. The minimum Gasteiger partial charge on any atom is -0.493 e. The molecule has 2 aliphatic rings. The van der Waals surface area contributed by atoms with Crippen LogP contribution in [0.1, 0.15) is 48.9 Å². The molecule has 3 atom stereocenters. The van der Waals surface area contributed by atoms with Crippen LogP contribution in [-0.4, -0.2) is 30.6 Å². The molecule has 0 bridgehead atoms. The number of hydrogen-bond donors (Lipinski definition) is 1. The Labute approximate surface area is 128 Å². The first kappa shape index (κ1) is 14.9. The molecule has 0 amide bonds. The molecule has 2 heterocycles. The highest BCUT2D eigenvalue weighted by atomic mass is 16.5. The van der Waals surface area contributed by atoms with Crippen LogP contribution < -0.4 is 10.5 Å². The molecular formula is C18H28N2O. The van der Waals surface area contributed by atoms with Crippen molar-refractivity contribution in [2.75, 3.05) is 19.7 Å². The number of fused-ring (bicyclic) bond motifs is 1. The Hall–Kier alpha value is -1.06. The van der Waals surface area contributed by atoms with Crippen molar-refractivity contribution in [3.05, 3.63) is 28.8 Å². The molecule has 21 heavy (non-hydrogen) atoms. The minimum absolute atomic E-state index is 0.0992. The fourth-order valence-electron chi connectivity index (χ4n) is 3.71. The van der Waals surface area contributed by atoms with E-state index in [1.54, 1.807) is 0 Å². The standard InChI is InChI=1S/C18H28N2O/c1-12-7-8-16-17(19)15(11-21-18(16)14(12)3)10-20-9-5-4-6-13(20)2/h7-8,13,15,17H,4-6,9-11,19H2,1-3H3. The normalized spacial score (nSPS) is 29.8. The van der Waals surface area contributed by atoms with Gasteiger partial charge in [0.25, 0.3) is 0 Å². The molecule has 0 aliphatic carbocycles. The molecule has 3 rings (SSSR count). The van der Waals surface area contributed by atoms with Gasteiger partial charge < -0.3 is 15.4 Å². The van der Waals surface area contributed by atoms with Gasteiger partial charge in [0, 0.05) is 30.1 Å². The summed E-state index contributed by atoms with van der Waals surface area (Å²) in [6.45, 7) is 9.64. The molecule has 2 N–H and O–H groups in total. The third kappa shape index (κ3) is 2.82. The molecule has 3 nitrogen and oxygen atoms in total. The average molecular weight is 288 g/mol. The van der Waals surface area contributed by atoms with Crippen molar-refractivity contribution in [2.24, 2.45) is 11.7 Å². The van der Waals surface area contributed by atoms with E-state index in [1.165, 1.54) is 42.5 Å². The van der Waals surface area contributed by atoms with Gasteiger partial charge in [-0.2, -0.15) is 0 Å². The molecule has 1 fully saturated rings. The Morgan fingerprint density at radius 2 is 2.10 bits per heavy atom. The number of benzene rings is 1. The van der Waals surface area contributed by atoms with Gasteiger partial charge in [0.1, 0.15) is 5.75 Å². The Morgan fingerprint density at radius 1 is 1.29 bits per heavy atom. The molecule has 1 aromatic rings. The van der Waals surface area contributed by atoms with Gasteiger partial charge in [0.05, 0.1) is 6.61 Å². The molecule has 1 saturated heterocycles. The van der Waals surface area contributed by atoms with E-state index < -0.39 is 0 Å². The third-order valence-corrected chi connectivity index (χ3v) is 5.43. The van der Waals surface area contributed by atoms with Gasteiger partial charge in [-0.05, 0) is 51.3 Å². The second-order valence-electron chi connectivity index (χ2n) is 6.86. The second kappa shape index (κ2) is 5.98. The van der Waals surface area contributed by atoms with Crippen LogP contribution in [0.2, 0.25) is 0 Å². The van der Waals surface area contributed by atoms with E-state index in [0.29, 0.717) is 12.0 Å². The molecule has 1 aromatic carbocycles. The van der Waals surface area contributed by atoms with Crippen molar-refractivity contribution >= 4 is 0 Å². The Kier molecular flexibility index (Phi) is 4.23. The number of nitrogens with zero attached hydrogens (tertiary/aromatic N) is 1. The molecule has 3 unspecified atom stereocenters. The number of rotatable bonds is 2. The smallest absolute Gasteiger partial charge is 0.127 e. The van der Waals surface area contributed by atoms with Crippen LogP contribution in [0.5, 0.6) is 5.75 Å². The summed E-state index contributed by atoms with van der Waals surface area (Å²) in [5, 5.41) is 0. The van der Waals surface area contributed by atoms with Gasteiger partial charge in [-0.1, -0.05) is 18.6 Å². The number of piperidine rings is 1. The lowest BCUT2D eigenvalue weighted by atomic mass is 9.87. The van der Waals surface area contributed by atoms with Crippen LogP contribution in [0.25, 0.3) is 0 Å². The van der Waals surface area contributed by atoms with Gasteiger partial charge >= 0.3 is 0 Å². The largest absolute Gasteiger partial charge is 0.493 e. The highest BCUT2D eigenvalue weighted by molar-refractivity contribution is 5.48. The summed E-state index contributed by atoms with van der Waals surface area (Å²) >= 11 is 0. The lowest BCUT2D eigenvalue weighted by Gasteiger charge is -2.39. The number of likely N-dealkylation sites (tertiary alicyclic amines) is 1. The van der Waals surface area contributed by atoms with Gasteiger partial charge in [-0.25, -0.2) is 0 Å². The topological polar surface area (TPSA) is 38.5 Å². The molecule has 0 saturated carbocycles. The van der Waals surface area contributed by atoms with E-state index in [2.05, 4.69) is 37.8 Å². The fraction of sp³-hybridized carbons (Fsp3) is 0.667. The first-order valence-corrected chi connectivity index (χ1v) is 8.30. The average Bonchev–Trinajstić information content (AvgIpc) is 2.48. The van der Waals surface area contributed by atoms with Crippen molar-refractivity contribution in [1.29, 1.82) is 0 Å². The van der Waals surface area contributed by atoms with Gasteiger partial charge in [0.2, 0.25) is 0 Å². The monoisotopic (exact) mass is 288 g/mol. The Morgan fingerprint density at radius 3 is 2.86 bits per heavy atom. The van der Waals surface area contributed by atoms with Crippen molar-refractivity contribution in [3.63, 3.8) is 0 Å². The lowest BCUT2D eigenvalue weighted by molar-refractivity contribution is 0.0937. The van der Waals surface area contributed by atoms with Gasteiger partial charge in [-0.3, -0.25) is 0 Å². The number of nitrogens with two attached hydrogens (primary N) is 1. The lowest BCUT2D eigenvalue weighted by Crippen LogP contribution is -2.45. The van der Waals surface area contributed by atoms with Crippen LogP contribution in [0.3, 0.4) is 0 Å². The third-order valence-electron chi connectivity index (χ3n) is 5.43. The van der Waals surface area contributed by atoms with Crippen LogP contribution >= 0.6 is 0 Å². The van der Waals surface area contributed by atoms with Gasteiger partial charge in [0.15, 0.2) is 0 Å². The number of hydrogen-bond acceptors (Lipinski definition) is 3. The van der Waals surface area contributed by atoms with E-state index in [9.17, 15) is 0 Å². The van der Waals surface area contributed by atoms with Crippen molar-refractivity contribution in [1.82, 2.24) is 4.90 Å². The molecule has 0 spiro atoms. The molecular weight excluding hydrogens is 260 g/mol. The van der Waals surface area contributed by atoms with E-state index in [0.717, 1.165) is 18.9 Å². The molecule has 0 aromatic heterocycles. The van der Waals surface area contributed by atoms with E-state index >= 15 is 0 Å². The maximum absolute atomic E-state index is 6.57. The summed E-state index contributed by atoms with van der Waals surface area (Å²) in [6, 6.07) is 5.12. The van der Waals surface area contributed by atoms with E-state index in [4.69, 9.17) is 10.5 Å². The minimum atomic E-state index is 0.0992. The quantitative estimate of drug-likeness (QED) is 0.908. The van der Waals surface area contributed by atoms with Crippen molar-refractivity contribution < 1.29 is 4.74 Å². The summed E-state index contributed by atoms with van der Waals surface area (Å²) in [6.07, 6.45) is 4.01. The molecule has 0 radical (unpaired) electrons. The number of ether oxygens (including phenoxy) is 1. The zero-order valence-electron chi connectivity index (χ0n) is 13.6. The second-order valence-corrected chi connectivity index (χ2v) is 6.86. The van der Waals surface area contributed by atoms with Crippen molar-refractivity contribution in [3.8, 4) is 5.75 Å². The van der Waals surface area contributed by atoms with E-state index in [-0.39, 0.29) is 6.04 Å². The van der Waals surface area contributed by atoms with Crippen LogP contribution in [0, 0.1) is 19.8 Å². The summed E-state index contributed by atoms with van der Waals surface area (Å²) < 4.78 is 6.09. The van der Waals surface area contributed by atoms with Gasteiger partial charge in [-0.15, -0.1) is 0 Å². The SMILES string of the molecule is Cc1ccc2c(c1C)OCC(CN1CCCCC1C)C2N. The first-order valence-electron chi connectivity index (χ1n) is 8.30. The maximum Gasteiger partial charge on any atom is 0.127 e. The van der Waals surface area contributed by atoms with Crippen LogP contribution in [-0.2, 0) is 0 Å². The first-order chi connectivity index (χ1) is 10.1. The zero-order valence-corrected chi connectivity index (χ0v) is 13.6. The van der Waals surface area contributed by atoms with Crippen molar-refractivity contribution in [2.45, 2.75) is 52.1 Å². The summed E-state index contributed by atoms with van der Waals surface area (Å²) in [5.41, 5.74) is 10.3. The van der Waals surface area contributed by atoms with Crippen LogP contribution in [0.4, 0.5) is 0 Å².